The summed E-state index contributed by atoms with van der Waals surface area (Å²) < 4.78 is 5.54. The van der Waals surface area contributed by atoms with Crippen LogP contribution in [0.5, 0.6) is 0 Å². The maximum atomic E-state index is 5.99. The second kappa shape index (κ2) is 4.99. The van der Waals surface area contributed by atoms with Gasteiger partial charge in [0.2, 0.25) is 0 Å². The first kappa shape index (κ1) is 12.1. The fourth-order valence-corrected chi connectivity index (χ4v) is 2.85. The SMILES string of the molecule is Cc1nc(Cl)cc(N2CCN3CCOC[C@@H]3C2)n1. The van der Waals surface area contributed by atoms with Crippen LogP contribution in [0.1, 0.15) is 5.82 Å². The van der Waals surface area contributed by atoms with E-state index in [0.717, 1.165) is 51.0 Å². The number of halogens is 1. The highest BCUT2D eigenvalue weighted by molar-refractivity contribution is 6.29. The smallest absolute Gasteiger partial charge is 0.134 e. The van der Waals surface area contributed by atoms with E-state index in [1.54, 1.807) is 0 Å². The zero-order valence-corrected chi connectivity index (χ0v) is 11.2. The number of aryl methyl sites for hydroxylation is 1. The molecule has 0 saturated carbocycles. The van der Waals surface area contributed by atoms with Crippen molar-refractivity contribution in [1.82, 2.24) is 14.9 Å². The normalized spacial score (nSPS) is 25.0. The Kier molecular flexibility index (Phi) is 3.37. The fourth-order valence-electron chi connectivity index (χ4n) is 2.63. The average molecular weight is 269 g/mol. The van der Waals surface area contributed by atoms with Crippen LogP contribution < -0.4 is 4.90 Å². The van der Waals surface area contributed by atoms with Gasteiger partial charge < -0.3 is 9.64 Å². The third-order valence-corrected chi connectivity index (χ3v) is 3.75. The van der Waals surface area contributed by atoms with E-state index in [9.17, 15) is 0 Å². The van der Waals surface area contributed by atoms with Crippen molar-refractivity contribution < 1.29 is 4.74 Å². The van der Waals surface area contributed by atoms with Crippen LogP contribution in [-0.4, -0.2) is 60.3 Å². The Morgan fingerprint density at radius 3 is 3.06 bits per heavy atom. The summed E-state index contributed by atoms with van der Waals surface area (Å²) in [6.45, 7) is 7.59. The van der Waals surface area contributed by atoms with Crippen molar-refractivity contribution in [2.45, 2.75) is 13.0 Å². The first-order chi connectivity index (χ1) is 8.72. The van der Waals surface area contributed by atoms with Gasteiger partial charge in [0.1, 0.15) is 16.8 Å². The van der Waals surface area contributed by atoms with Gasteiger partial charge in [-0.2, -0.15) is 0 Å². The van der Waals surface area contributed by atoms with E-state index in [1.807, 2.05) is 13.0 Å². The van der Waals surface area contributed by atoms with Crippen molar-refractivity contribution in [1.29, 1.82) is 0 Å². The molecule has 5 nitrogen and oxygen atoms in total. The molecule has 2 fully saturated rings. The van der Waals surface area contributed by atoms with E-state index >= 15 is 0 Å². The maximum Gasteiger partial charge on any atom is 0.134 e. The summed E-state index contributed by atoms with van der Waals surface area (Å²) >= 11 is 5.99. The number of nitrogens with zero attached hydrogens (tertiary/aromatic N) is 4. The van der Waals surface area contributed by atoms with Gasteiger partial charge >= 0.3 is 0 Å². The number of anilines is 1. The molecule has 0 spiro atoms. The molecule has 0 aliphatic carbocycles. The van der Waals surface area contributed by atoms with Gasteiger partial charge in [-0.15, -0.1) is 0 Å². The molecule has 6 heteroatoms. The van der Waals surface area contributed by atoms with Gasteiger partial charge in [-0.3, -0.25) is 4.90 Å². The van der Waals surface area contributed by atoms with Crippen molar-refractivity contribution in [3.63, 3.8) is 0 Å². The molecule has 98 valence electrons. The van der Waals surface area contributed by atoms with Crippen LogP contribution in [0, 0.1) is 6.92 Å². The first-order valence-corrected chi connectivity index (χ1v) is 6.68. The molecule has 2 aliphatic rings. The monoisotopic (exact) mass is 268 g/mol. The maximum absolute atomic E-state index is 5.99. The lowest BCUT2D eigenvalue weighted by atomic mass is 10.1. The number of piperazine rings is 1. The Morgan fingerprint density at radius 2 is 2.22 bits per heavy atom. The van der Waals surface area contributed by atoms with Crippen molar-refractivity contribution >= 4 is 17.4 Å². The van der Waals surface area contributed by atoms with Gasteiger partial charge in [-0.25, -0.2) is 9.97 Å². The number of hydrogen-bond acceptors (Lipinski definition) is 5. The quantitative estimate of drug-likeness (QED) is 0.710. The first-order valence-electron chi connectivity index (χ1n) is 6.30. The van der Waals surface area contributed by atoms with E-state index < -0.39 is 0 Å². The topological polar surface area (TPSA) is 41.5 Å². The summed E-state index contributed by atoms with van der Waals surface area (Å²) in [5.41, 5.74) is 0. The molecule has 3 heterocycles. The molecule has 0 bridgehead atoms. The molecule has 0 aromatic carbocycles. The Labute approximate surface area is 112 Å². The highest BCUT2D eigenvalue weighted by atomic mass is 35.5. The molecule has 1 aromatic heterocycles. The van der Waals surface area contributed by atoms with E-state index in [0.29, 0.717) is 11.2 Å². The number of morpholine rings is 1. The van der Waals surface area contributed by atoms with Gasteiger partial charge in [-0.1, -0.05) is 11.6 Å². The van der Waals surface area contributed by atoms with Crippen LogP contribution in [0.4, 0.5) is 5.82 Å². The number of ether oxygens (including phenoxy) is 1. The second-order valence-corrected chi connectivity index (χ2v) is 5.19. The minimum Gasteiger partial charge on any atom is -0.378 e. The molecule has 2 aliphatic heterocycles. The molecule has 0 N–H and O–H groups in total. The minimum atomic E-state index is 0.474. The lowest BCUT2D eigenvalue weighted by Crippen LogP contribution is -2.58. The lowest BCUT2D eigenvalue weighted by Gasteiger charge is -2.44. The Morgan fingerprint density at radius 1 is 1.33 bits per heavy atom. The number of hydrogen-bond donors (Lipinski definition) is 0. The summed E-state index contributed by atoms with van der Waals surface area (Å²) in [7, 11) is 0. The second-order valence-electron chi connectivity index (χ2n) is 4.81. The predicted molar refractivity (Wildman–Crippen MR) is 70.2 cm³/mol. The fraction of sp³-hybridized carbons (Fsp3) is 0.667. The van der Waals surface area contributed by atoms with Gasteiger partial charge in [0.25, 0.3) is 0 Å². The van der Waals surface area contributed by atoms with Crippen molar-refractivity contribution in [3.8, 4) is 0 Å². The zero-order chi connectivity index (χ0) is 12.5. The molecule has 0 unspecified atom stereocenters. The van der Waals surface area contributed by atoms with E-state index in [2.05, 4.69) is 19.8 Å². The van der Waals surface area contributed by atoms with Gasteiger partial charge in [0.05, 0.1) is 19.3 Å². The van der Waals surface area contributed by atoms with Gasteiger partial charge in [-0.05, 0) is 6.92 Å². The minimum absolute atomic E-state index is 0.474. The Balaban J connectivity index is 1.76. The van der Waals surface area contributed by atoms with E-state index in [4.69, 9.17) is 16.3 Å². The average Bonchev–Trinajstić information content (AvgIpc) is 2.37. The molecule has 1 atom stereocenters. The van der Waals surface area contributed by atoms with Crippen LogP contribution in [-0.2, 0) is 4.74 Å². The summed E-state index contributed by atoms with van der Waals surface area (Å²) in [5, 5.41) is 0.514. The van der Waals surface area contributed by atoms with E-state index in [-0.39, 0.29) is 0 Å². The summed E-state index contributed by atoms with van der Waals surface area (Å²) in [6, 6.07) is 2.31. The largest absolute Gasteiger partial charge is 0.378 e. The van der Waals surface area contributed by atoms with Crippen molar-refractivity contribution in [2.75, 3.05) is 44.3 Å². The Hall–Kier alpha value is -0.910. The molecular formula is C12H17ClN4O. The van der Waals surface area contributed by atoms with E-state index in [1.165, 1.54) is 0 Å². The third kappa shape index (κ3) is 2.43. The molecule has 1 aromatic rings. The highest BCUT2D eigenvalue weighted by Crippen LogP contribution is 2.21. The van der Waals surface area contributed by atoms with Crippen LogP contribution in [0.3, 0.4) is 0 Å². The molecule has 0 radical (unpaired) electrons. The van der Waals surface area contributed by atoms with Crippen LogP contribution >= 0.6 is 11.6 Å². The lowest BCUT2D eigenvalue weighted by molar-refractivity contribution is -0.0117. The molecule has 3 rings (SSSR count). The summed E-state index contributed by atoms with van der Waals surface area (Å²) in [5.74, 6) is 1.65. The summed E-state index contributed by atoms with van der Waals surface area (Å²) in [6.07, 6.45) is 0. The number of rotatable bonds is 1. The zero-order valence-electron chi connectivity index (χ0n) is 10.5. The standard InChI is InChI=1S/C12H17ClN4O/c1-9-14-11(13)6-12(15-9)17-3-2-16-4-5-18-8-10(16)7-17/h6,10H,2-5,7-8H2,1H3/t10-/m0/s1. The van der Waals surface area contributed by atoms with Crippen molar-refractivity contribution in [2.24, 2.45) is 0 Å². The number of fused-ring (bicyclic) bond motifs is 1. The van der Waals surface area contributed by atoms with Crippen LogP contribution in [0.2, 0.25) is 5.15 Å². The van der Waals surface area contributed by atoms with Gasteiger partial charge in [0, 0.05) is 32.2 Å². The van der Waals surface area contributed by atoms with Gasteiger partial charge in [0.15, 0.2) is 0 Å². The predicted octanol–water partition coefficient (Wildman–Crippen LogP) is 0.959. The third-order valence-electron chi connectivity index (χ3n) is 3.55. The van der Waals surface area contributed by atoms with Crippen LogP contribution in [0.25, 0.3) is 0 Å². The Bertz CT molecular complexity index is 422. The molecule has 18 heavy (non-hydrogen) atoms. The molecule has 2 saturated heterocycles. The van der Waals surface area contributed by atoms with Crippen LogP contribution in [0.15, 0.2) is 6.07 Å². The number of aromatic nitrogens is 2. The highest BCUT2D eigenvalue weighted by Gasteiger charge is 2.30. The molecular weight excluding hydrogens is 252 g/mol. The van der Waals surface area contributed by atoms with Crippen molar-refractivity contribution in [3.05, 3.63) is 17.0 Å². The molecule has 0 amide bonds. The summed E-state index contributed by atoms with van der Waals surface area (Å²) in [4.78, 5) is 13.3.